The molecule has 0 atom stereocenters. The van der Waals surface area contributed by atoms with E-state index in [-0.39, 0.29) is 5.91 Å². The molecule has 5 nitrogen and oxygen atoms in total. The fourth-order valence-electron chi connectivity index (χ4n) is 1.70. The number of hydrogen-bond acceptors (Lipinski definition) is 4. The Bertz CT molecular complexity index is 345. The molecule has 1 aliphatic rings. The van der Waals surface area contributed by atoms with Crippen LogP contribution in [0.5, 0.6) is 0 Å². The minimum atomic E-state index is 0.0832. The van der Waals surface area contributed by atoms with Gasteiger partial charge in [0.1, 0.15) is 0 Å². The van der Waals surface area contributed by atoms with Gasteiger partial charge in [-0.15, -0.1) is 0 Å². The van der Waals surface area contributed by atoms with Crippen molar-refractivity contribution in [2.24, 2.45) is 5.73 Å². The Labute approximate surface area is 81.8 Å². The molecule has 0 fully saturated rings. The molecule has 1 aromatic heterocycles. The molecule has 0 saturated heterocycles. The fraction of sp³-hybridized carbons (Fsp3) is 0.556. The van der Waals surface area contributed by atoms with Crippen molar-refractivity contribution in [3.05, 3.63) is 17.0 Å². The van der Waals surface area contributed by atoms with E-state index in [1.807, 2.05) is 0 Å². The van der Waals surface area contributed by atoms with Crippen LogP contribution in [0.1, 0.15) is 23.9 Å². The highest BCUT2D eigenvalue weighted by molar-refractivity contribution is 5.73. The third kappa shape index (κ3) is 1.39. The Morgan fingerprint density at radius 3 is 3.14 bits per heavy atom. The zero-order valence-electron chi connectivity index (χ0n) is 8.12. The van der Waals surface area contributed by atoms with Crippen LogP contribution in [-0.4, -0.2) is 22.5 Å². The molecule has 0 aromatic carbocycles. The molecule has 0 saturated carbocycles. The molecule has 0 spiro atoms. The van der Waals surface area contributed by atoms with Gasteiger partial charge >= 0.3 is 0 Å². The van der Waals surface area contributed by atoms with Gasteiger partial charge in [0.25, 0.3) is 0 Å². The van der Waals surface area contributed by atoms with Crippen LogP contribution in [-0.2, 0) is 24.3 Å². The van der Waals surface area contributed by atoms with Crippen molar-refractivity contribution in [2.45, 2.75) is 26.4 Å². The van der Waals surface area contributed by atoms with E-state index in [4.69, 9.17) is 10.3 Å². The minimum absolute atomic E-state index is 0.0832. The second-order valence-corrected chi connectivity index (χ2v) is 3.43. The van der Waals surface area contributed by atoms with Crippen molar-refractivity contribution in [3.63, 3.8) is 0 Å². The van der Waals surface area contributed by atoms with Crippen LogP contribution in [0.2, 0.25) is 0 Å². The van der Waals surface area contributed by atoms with E-state index in [0.717, 1.165) is 24.2 Å². The summed E-state index contributed by atoms with van der Waals surface area (Å²) in [4.78, 5) is 13.0. The predicted molar refractivity (Wildman–Crippen MR) is 49.2 cm³/mol. The lowest BCUT2D eigenvalue weighted by Crippen LogP contribution is -2.34. The third-order valence-corrected chi connectivity index (χ3v) is 2.55. The van der Waals surface area contributed by atoms with E-state index in [2.05, 4.69) is 5.16 Å². The molecular formula is C9H13N3O2. The van der Waals surface area contributed by atoms with Gasteiger partial charge in [-0.2, -0.15) is 0 Å². The number of carbonyl (C=O) groups excluding carboxylic acids is 1. The van der Waals surface area contributed by atoms with E-state index in [1.54, 1.807) is 11.8 Å². The summed E-state index contributed by atoms with van der Waals surface area (Å²) in [5.41, 5.74) is 7.44. The Morgan fingerprint density at radius 1 is 1.71 bits per heavy atom. The second-order valence-electron chi connectivity index (χ2n) is 3.43. The lowest BCUT2D eigenvalue weighted by Gasteiger charge is -2.24. The van der Waals surface area contributed by atoms with Gasteiger partial charge in [0.05, 0.1) is 18.8 Å². The van der Waals surface area contributed by atoms with E-state index in [9.17, 15) is 4.79 Å². The molecule has 5 heteroatoms. The van der Waals surface area contributed by atoms with E-state index in [0.29, 0.717) is 18.8 Å². The molecule has 1 aromatic rings. The minimum Gasteiger partial charge on any atom is -0.359 e. The van der Waals surface area contributed by atoms with Gasteiger partial charge in [-0.05, 0) is 0 Å². The van der Waals surface area contributed by atoms with Gasteiger partial charge in [-0.25, -0.2) is 0 Å². The van der Waals surface area contributed by atoms with E-state index < -0.39 is 0 Å². The molecule has 2 N–H and O–H groups in total. The summed E-state index contributed by atoms with van der Waals surface area (Å²) in [5.74, 6) is 0.783. The standard InChI is InChI=1S/C9H13N3O2/c1-6(13)12-3-2-8-7(5-12)9(4-10)14-11-8/h2-5,10H2,1H3. The van der Waals surface area contributed by atoms with Crippen molar-refractivity contribution < 1.29 is 9.32 Å². The lowest BCUT2D eigenvalue weighted by atomic mass is 10.1. The average Bonchev–Trinajstić information content (AvgIpc) is 2.59. The largest absolute Gasteiger partial charge is 0.359 e. The van der Waals surface area contributed by atoms with Gasteiger partial charge in [-0.3, -0.25) is 4.79 Å². The average molecular weight is 195 g/mol. The third-order valence-electron chi connectivity index (χ3n) is 2.55. The maximum Gasteiger partial charge on any atom is 0.219 e. The zero-order valence-corrected chi connectivity index (χ0v) is 8.12. The van der Waals surface area contributed by atoms with Crippen LogP contribution in [0.4, 0.5) is 0 Å². The van der Waals surface area contributed by atoms with Crippen LogP contribution in [0, 0.1) is 0 Å². The topological polar surface area (TPSA) is 72.4 Å². The zero-order chi connectivity index (χ0) is 10.1. The Balaban J connectivity index is 2.27. The van der Waals surface area contributed by atoms with Crippen LogP contribution < -0.4 is 5.73 Å². The van der Waals surface area contributed by atoms with Crippen molar-refractivity contribution in [2.75, 3.05) is 6.54 Å². The number of fused-ring (bicyclic) bond motifs is 1. The maximum atomic E-state index is 11.2. The smallest absolute Gasteiger partial charge is 0.219 e. The van der Waals surface area contributed by atoms with Crippen molar-refractivity contribution in [1.29, 1.82) is 0 Å². The van der Waals surface area contributed by atoms with Crippen molar-refractivity contribution in [3.8, 4) is 0 Å². The molecule has 14 heavy (non-hydrogen) atoms. The van der Waals surface area contributed by atoms with Gasteiger partial charge in [0.2, 0.25) is 5.91 Å². The van der Waals surface area contributed by atoms with Crippen molar-refractivity contribution >= 4 is 5.91 Å². The SMILES string of the molecule is CC(=O)N1CCc2noc(CN)c2C1. The molecular weight excluding hydrogens is 182 g/mol. The van der Waals surface area contributed by atoms with Crippen LogP contribution in [0.15, 0.2) is 4.52 Å². The monoisotopic (exact) mass is 195 g/mol. The summed E-state index contributed by atoms with van der Waals surface area (Å²) >= 11 is 0. The highest BCUT2D eigenvalue weighted by Crippen LogP contribution is 2.21. The van der Waals surface area contributed by atoms with Crippen molar-refractivity contribution in [1.82, 2.24) is 10.1 Å². The van der Waals surface area contributed by atoms with Gasteiger partial charge < -0.3 is 15.2 Å². The quantitative estimate of drug-likeness (QED) is 0.686. The normalized spacial score (nSPS) is 15.4. The predicted octanol–water partition coefficient (Wildman–Crippen LogP) is 0.0379. The molecule has 1 amide bonds. The first-order chi connectivity index (χ1) is 6.72. The Morgan fingerprint density at radius 2 is 2.50 bits per heavy atom. The highest BCUT2D eigenvalue weighted by atomic mass is 16.5. The number of hydrogen-bond donors (Lipinski definition) is 1. The van der Waals surface area contributed by atoms with E-state index in [1.165, 1.54) is 0 Å². The van der Waals surface area contributed by atoms with Crippen LogP contribution >= 0.6 is 0 Å². The first-order valence-electron chi connectivity index (χ1n) is 4.64. The summed E-state index contributed by atoms with van der Waals surface area (Å²) < 4.78 is 5.08. The number of nitrogens with zero attached hydrogens (tertiary/aromatic N) is 2. The summed E-state index contributed by atoms with van der Waals surface area (Å²) in [7, 11) is 0. The number of rotatable bonds is 1. The summed E-state index contributed by atoms with van der Waals surface area (Å²) in [5, 5.41) is 3.93. The molecule has 1 aliphatic heterocycles. The molecule has 0 aliphatic carbocycles. The highest BCUT2D eigenvalue weighted by Gasteiger charge is 2.24. The maximum absolute atomic E-state index is 11.2. The fourth-order valence-corrected chi connectivity index (χ4v) is 1.70. The van der Waals surface area contributed by atoms with Crippen LogP contribution in [0.3, 0.4) is 0 Å². The van der Waals surface area contributed by atoms with E-state index >= 15 is 0 Å². The second kappa shape index (κ2) is 3.42. The summed E-state index contributed by atoms with van der Waals surface area (Å²) in [6.45, 7) is 3.22. The lowest BCUT2D eigenvalue weighted by molar-refractivity contribution is -0.129. The molecule has 76 valence electrons. The number of aromatic nitrogens is 1. The molecule has 0 radical (unpaired) electrons. The number of carbonyl (C=O) groups is 1. The Hall–Kier alpha value is -1.36. The first kappa shape index (κ1) is 9.21. The van der Waals surface area contributed by atoms with Gasteiger partial charge in [0.15, 0.2) is 5.76 Å². The first-order valence-corrected chi connectivity index (χ1v) is 4.64. The molecule has 2 heterocycles. The molecule has 0 bridgehead atoms. The van der Waals surface area contributed by atoms with Gasteiger partial charge in [0, 0.05) is 25.5 Å². The van der Waals surface area contributed by atoms with Gasteiger partial charge in [-0.1, -0.05) is 5.16 Å². The summed E-state index contributed by atoms with van der Waals surface area (Å²) in [6, 6.07) is 0. The number of nitrogens with two attached hydrogens (primary N) is 1. The van der Waals surface area contributed by atoms with Crippen LogP contribution in [0.25, 0.3) is 0 Å². The summed E-state index contributed by atoms with van der Waals surface area (Å²) in [6.07, 6.45) is 0.762. The molecule has 2 rings (SSSR count). The molecule has 0 unspecified atom stereocenters. The number of amides is 1. The Kier molecular flexibility index (Phi) is 2.25.